The minimum Gasteiger partial charge on any atom is -0.508 e. The lowest BCUT2D eigenvalue weighted by Crippen LogP contribution is -2.57. The second-order valence-electron chi connectivity index (χ2n) is 10.8. The third-order valence-corrected chi connectivity index (χ3v) is 7.30. The highest BCUT2D eigenvalue weighted by Gasteiger charge is 2.31. The van der Waals surface area contributed by atoms with E-state index in [-0.39, 0.29) is 31.4 Å². The van der Waals surface area contributed by atoms with Crippen LogP contribution in [0.4, 0.5) is 0 Å². The number of aromatic amines is 1. The molecule has 0 bridgehead atoms. The average Bonchev–Trinajstić information content (AvgIpc) is 3.41. The molecule has 1 aromatic heterocycles. The number of hydrogen-bond acceptors (Lipinski definition) is 8. The molecule has 0 aliphatic heterocycles. The molecule has 0 aliphatic rings. The number of unbranched alkanes of at least 4 members (excludes halogenated alkanes) is 1. The monoisotopic (exact) mass is 624 g/mol. The number of nitrogens with one attached hydrogen (secondary N) is 4. The molecular formula is C31H40N6O8. The highest BCUT2D eigenvalue weighted by molar-refractivity contribution is 5.95. The number of phenols is 1. The Bertz CT molecular complexity index is 1470. The largest absolute Gasteiger partial charge is 0.508 e. The number of benzene rings is 2. The zero-order valence-electron chi connectivity index (χ0n) is 24.7. The number of hydrogen-bond donors (Lipinski definition) is 9. The Labute approximate surface area is 259 Å². The van der Waals surface area contributed by atoms with Crippen molar-refractivity contribution in [1.29, 1.82) is 0 Å². The van der Waals surface area contributed by atoms with Gasteiger partial charge in [-0.1, -0.05) is 30.3 Å². The Morgan fingerprint density at radius 1 is 0.778 bits per heavy atom. The van der Waals surface area contributed by atoms with Gasteiger partial charge in [-0.25, -0.2) is 4.79 Å². The van der Waals surface area contributed by atoms with Gasteiger partial charge in [-0.05, 0) is 68.0 Å². The number of aromatic nitrogens is 1. The fraction of sp³-hybridized carbons (Fsp3) is 0.387. The molecule has 3 aromatic rings. The topological polar surface area (TPSA) is 250 Å². The maximum absolute atomic E-state index is 13.7. The van der Waals surface area contributed by atoms with Gasteiger partial charge in [-0.15, -0.1) is 0 Å². The van der Waals surface area contributed by atoms with Crippen LogP contribution < -0.4 is 27.4 Å². The van der Waals surface area contributed by atoms with Gasteiger partial charge >= 0.3 is 11.9 Å². The fourth-order valence-electron chi connectivity index (χ4n) is 4.82. The Morgan fingerprint density at radius 3 is 2.09 bits per heavy atom. The maximum Gasteiger partial charge on any atom is 0.326 e. The molecule has 14 nitrogen and oxygen atoms in total. The number of aliphatic carboxylic acids is 2. The van der Waals surface area contributed by atoms with E-state index in [1.165, 1.54) is 12.1 Å². The summed E-state index contributed by atoms with van der Waals surface area (Å²) in [5, 5.41) is 36.7. The summed E-state index contributed by atoms with van der Waals surface area (Å²) in [6.45, 7) is 0.347. The average molecular weight is 625 g/mol. The molecule has 0 spiro atoms. The lowest BCUT2D eigenvalue weighted by atomic mass is 10.0. The number of carboxylic acids is 2. The molecule has 0 aliphatic carbocycles. The SMILES string of the molecule is NCCCCC(NC(=O)C(CCC(=O)O)NC(=O)C(Cc1c[nH]c2ccccc12)NC(=O)C(N)Cc1ccc(O)cc1)C(=O)O. The molecule has 1 heterocycles. The van der Waals surface area contributed by atoms with E-state index in [0.29, 0.717) is 30.5 Å². The van der Waals surface area contributed by atoms with E-state index < -0.39 is 60.2 Å². The molecular weight excluding hydrogens is 584 g/mol. The smallest absolute Gasteiger partial charge is 0.326 e. The highest BCUT2D eigenvalue weighted by Crippen LogP contribution is 2.20. The number of nitrogens with two attached hydrogens (primary N) is 2. The van der Waals surface area contributed by atoms with Crippen molar-refractivity contribution in [3.63, 3.8) is 0 Å². The van der Waals surface area contributed by atoms with Gasteiger partial charge in [0.25, 0.3) is 0 Å². The number of rotatable bonds is 18. The molecule has 0 saturated carbocycles. The minimum absolute atomic E-state index is 0.00236. The second-order valence-corrected chi connectivity index (χ2v) is 10.8. The van der Waals surface area contributed by atoms with Crippen LogP contribution in [-0.4, -0.2) is 80.7 Å². The molecule has 4 atom stereocenters. The number of carbonyl (C=O) groups excluding carboxylic acids is 3. The van der Waals surface area contributed by atoms with Crippen LogP contribution in [0.2, 0.25) is 0 Å². The molecule has 14 heteroatoms. The first kappa shape index (κ1) is 34.5. The third-order valence-electron chi connectivity index (χ3n) is 7.30. The van der Waals surface area contributed by atoms with E-state index in [1.807, 2.05) is 24.3 Å². The predicted octanol–water partition coefficient (Wildman–Crippen LogP) is 0.519. The van der Waals surface area contributed by atoms with Crippen molar-refractivity contribution in [2.45, 2.75) is 69.1 Å². The first-order valence-corrected chi connectivity index (χ1v) is 14.6. The zero-order chi connectivity index (χ0) is 32.9. The van der Waals surface area contributed by atoms with E-state index in [4.69, 9.17) is 11.5 Å². The molecule has 3 rings (SSSR count). The van der Waals surface area contributed by atoms with Gasteiger partial charge in [0.05, 0.1) is 6.04 Å². The zero-order valence-corrected chi connectivity index (χ0v) is 24.7. The van der Waals surface area contributed by atoms with Crippen molar-refractivity contribution in [2.75, 3.05) is 6.54 Å². The molecule has 0 saturated heterocycles. The number of carboxylic acid groups (broad SMARTS) is 2. The molecule has 242 valence electrons. The third kappa shape index (κ3) is 10.6. The van der Waals surface area contributed by atoms with E-state index >= 15 is 0 Å². The van der Waals surface area contributed by atoms with Crippen LogP contribution in [0, 0.1) is 0 Å². The van der Waals surface area contributed by atoms with Crippen LogP contribution in [0.3, 0.4) is 0 Å². The van der Waals surface area contributed by atoms with Gasteiger partial charge in [-0.2, -0.15) is 0 Å². The first-order chi connectivity index (χ1) is 21.5. The minimum atomic E-state index is -1.40. The van der Waals surface area contributed by atoms with Gasteiger partial charge in [0.15, 0.2) is 0 Å². The Morgan fingerprint density at radius 2 is 1.42 bits per heavy atom. The van der Waals surface area contributed by atoms with Crippen molar-refractivity contribution >= 4 is 40.6 Å². The van der Waals surface area contributed by atoms with Crippen molar-refractivity contribution in [3.05, 3.63) is 65.9 Å². The van der Waals surface area contributed by atoms with E-state index in [1.54, 1.807) is 18.3 Å². The summed E-state index contributed by atoms with van der Waals surface area (Å²) in [5.41, 5.74) is 13.8. The molecule has 0 fully saturated rings. The predicted molar refractivity (Wildman–Crippen MR) is 165 cm³/mol. The van der Waals surface area contributed by atoms with Crippen molar-refractivity contribution in [2.24, 2.45) is 11.5 Å². The molecule has 11 N–H and O–H groups in total. The summed E-state index contributed by atoms with van der Waals surface area (Å²) in [4.78, 5) is 66.3. The highest BCUT2D eigenvalue weighted by atomic mass is 16.4. The van der Waals surface area contributed by atoms with Gasteiger partial charge < -0.3 is 47.7 Å². The number of H-pyrrole nitrogens is 1. The van der Waals surface area contributed by atoms with E-state index in [0.717, 1.165) is 10.9 Å². The van der Waals surface area contributed by atoms with Crippen LogP contribution in [0.15, 0.2) is 54.7 Å². The molecule has 2 aromatic carbocycles. The second kappa shape index (κ2) is 16.8. The van der Waals surface area contributed by atoms with Crippen molar-refractivity contribution < 1.29 is 39.3 Å². The number of carbonyl (C=O) groups is 5. The summed E-state index contributed by atoms with van der Waals surface area (Å²) < 4.78 is 0. The van der Waals surface area contributed by atoms with Crippen LogP contribution >= 0.6 is 0 Å². The van der Waals surface area contributed by atoms with Crippen LogP contribution in [-0.2, 0) is 36.8 Å². The molecule has 0 radical (unpaired) electrons. The number of para-hydroxylation sites is 1. The van der Waals surface area contributed by atoms with Gasteiger partial charge in [0.1, 0.15) is 23.9 Å². The Kier molecular flexibility index (Phi) is 12.9. The molecule has 45 heavy (non-hydrogen) atoms. The fourth-order valence-corrected chi connectivity index (χ4v) is 4.82. The number of aromatic hydroxyl groups is 1. The quantitative estimate of drug-likeness (QED) is 0.0887. The lowest BCUT2D eigenvalue weighted by molar-refractivity contribution is -0.143. The Hall–Kier alpha value is -4.95. The van der Waals surface area contributed by atoms with Gasteiger partial charge in [0, 0.05) is 29.9 Å². The number of phenolic OH excluding ortho intramolecular Hbond substituents is 1. The van der Waals surface area contributed by atoms with E-state index in [9.17, 15) is 39.3 Å². The summed E-state index contributed by atoms with van der Waals surface area (Å²) >= 11 is 0. The van der Waals surface area contributed by atoms with Gasteiger partial charge in [0.2, 0.25) is 17.7 Å². The van der Waals surface area contributed by atoms with Crippen molar-refractivity contribution in [3.8, 4) is 5.75 Å². The van der Waals surface area contributed by atoms with Crippen LogP contribution in [0.25, 0.3) is 10.9 Å². The Balaban J connectivity index is 1.82. The molecule has 3 amide bonds. The van der Waals surface area contributed by atoms with Crippen molar-refractivity contribution in [1.82, 2.24) is 20.9 Å². The number of fused-ring (bicyclic) bond motifs is 1. The summed E-state index contributed by atoms with van der Waals surface area (Å²) in [6, 6.07) is 8.52. The summed E-state index contributed by atoms with van der Waals surface area (Å²) in [5.74, 6) is -4.75. The van der Waals surface area contributed by atoms with Crippen LogP contribution in [0.1, 0.15) is 43.2 Å². The maximum atomic E-state index is 13.7. The normalized spacial score (nSPS) is 13.7. The molecule has 4 unspecified atom stereocenters. The van der Waals surface area contributed by atoms with E-state index in [2.05, 4.69) is 20.9 Å². The summed E-state index contributed by atoms with van der Waals surface area (Å²) in [7, 11) is 0. The number of amides is 3. The first-order valence-electron chi connectivity index (χ1n) is 14.6. The standard InChI is InChI=1S/C31H40N6O8/c32-14-4-3-7-25(31(44)45)36-29(42)24(12-13-27(39)40)35-30(43)26(16-19-17-34-23-6-2-1-5-21(19)23)37-28(41)22(33)15-18-8-10-20(38)11-9-18/h1-2,5-6,8-11,17,22,24-26,34,38H,3-4,7,12-16,32-33H2,(H,35,43)(H,36,42)(H,37,41)(H,39,40)(H,44,45). The lowest BCUT2D eigenvalue weighted by Gasteiger charge is -2.25. The van der Waals surface area contributed by atoms with Gasteiger partial charge in [-0.3, -0.25) is 19.2 Å². The van der Waals surface area contributed by atoms with Crippen LogP contribution in [0.5, 0.6) is 5.75 Å². The summed E-state index contributed by atoms with van der Waals surface area (Å²) in [6.07, 6.45) is 2.06.